The van der Waals surface area contributed by atoms with Gasteiger partial charge in [0, 0.05) is 12.2 Å². The normalized spacial score (nSPS) is 29.8. The maximum absolute atomic E-state index is 14.1. The number of carbonyl (C=O) groups excluding carboxylic acids is 3. The largest absolute Gasteiger partial charge is 0.394 e. The summed E-state index contributed by atoms with van der Waals surface area (Å²) in [6, 6.07) is 12.1. The molecule has 198 valence electrons. The highest BCUT2D eigenvalue weighted by Gasteiger charge is 2.75. The molecule has 2 unspecified atom stereocenters. The second kappa shape index (κ2) is 10.1. The van der Waals surface area contributed by atoms with E-state index < -0.39 is 29.5 Å². The van der Waals surface area contributed by atoms with Gasteiger partial charge >= 0.3 is 0 Å². The SMILES string of the molecule is CCCNC(=O)[C@@H]1[C@H]2C(=O)N([C@@H](CO)[C@@H](C)CC)C(C(=O)Nc3ccc4ccccc4c3)C23CC[C@H]1O3. The molecule has 3 amide bonds. The standard InChI is InChI=1S/C29H37N3O5/c1-4-14-30-26(34)23-22-12-13-29(37-22)24(23)28(36)32(21(16-33)17(3)5-2)25(29)27(35)31-20-11-10-18-8-6-7-9-19(18)15-20/h6-11,15,17,21-25,33H,4-5,12-14,16H2,1-3H3,(H,30,34)(H,31,35)/t17-,21-,22+,23-,24-,25?,29?/m0/s1. The fourth-order valence-electron chi connectivity index (χ4n) is 6.71. The van der Waals surface area contributed by atoms with Crippen LogP contribution in [0.3, 0.4) is 0 Å². The van der Waals surface area contributed by atoms with Crippen molar-refractivity contribution in [1.82, 2.24) is 10.2 Å². The Kier molecular flexibility index (Phi) is 6.98. The number of benzene rings is 2. The molecule has 2 aromatic carbocycles. The lowest BCUT2D eigenvalue weighted by Gasteiger charge is -2.38. The number of likely N-dealkylation sites (tertiary alicyclic amines) is 1. The Morgan fingerprint density at radius 1 is 1.16 bits per heavy atom. The van der Waals surface area contributed by atoms with Gasteiger partial charge in [-0.1, -0.05) is 57.5 Å². The van der Waals surface area contributed by atoms with E-state index >= 15 is 0 Å². The van der Waals surface area contributed by atoms with E-state index in [9.17, 15) is 19.5 Å². The summed E-state index contributed by atoms with van der Waals surface area (Å²) in [6.45, 7) is 6.21. The fraction of sp³-hybridized carbons (Fsp3) is 0.552. The van der Waals surface area contributed by atoms with Crippen molar-refractivity contribution in [2.45, 2.75) is 70.2 Å². The van der Waals surface area contributed by atoms with E-state index in [0.717, 1.165) is 23.6 Å². The second-order valence-corrected chi connectivity index (χ2v) is 10.8. The first-order chi connectivity index (χ1) is 17.9. The quantitative estimate of drug-likeness (QED) is 0.484. The number of fused-ring (bicyclic) bond motifs is 2. The predicted molar refractivity (Wildman–Crippen MR) is 141 cm³/mol. The number of ether oxygens (including phenoxy) is 1. The Bertz CT molecular complexity index is 1200. The van der Waals surface area contributed by atoms with Gasteiger partial charge in [-0.2, -0.15) is 0 Å². The highest BCUT2D eigenvalue weighted by Crippen LogP contribution is 2.59. The van der Waals surface area contributed by atoms with Crippen LogP contribution >= 0.6 is 0 Å². The van der Waals surface area contributed by atoms with E-state index in [4.69, 9.17) is 4.74 Å². The molecule has 3 saturated heterocycles. The van der Waals surface area contributed by atoms with Crippen LogP contribution < -0.4 is 10.6 Å². The number of aliphatic hydroxyl groups is 1. The van der Waals surface area contributed by atoms with Crippen molar-refractivity contribution in [3.63, 3.8) is 0 Å². The number of hydrogen-bond acceptors (Lipinski definition) is 5. The third-order valence-corrected chi connectivity index (χ3v) is 8.70. The Hall–Kier alpha value is -2.97. The summed E-state index contributed by atoms with van der Waals surface area (Å²) in [5.41, 5.74) is -0.456. The van der Waals surface area contributed by atoms with Crippen LogP contribution in [0.25, 0.3) is 10.8 Å². The lowest BCUT2D eigenvalue weighted by molar-refractivity contribution is -0.145. The molecule has 3 N–H and O–H groups in total. The molecule has 37 heavy (non-hydrogen) atoms. The molecule has 0 aliphatic carbocycles. The van der Waals surface area contributed by atoms with E-state index in [2.05, 4.69) is 10.6 Å². The number of rotatable bonds is 9. The molecule has 8 nitrogen and oxygen atoms in total. The lowest BCUT2D eigenvalue weighted by Crippen LogP contribution is -2.57. The molecule has 1 spiro atoms. The highest BCUT2D eigenvalue weighted by molar-refractivity contribution is 6.04. The first kappa shape index (κ1) is 25.7. The number of nitrogens with zero attached hydrogens (tertiary/aromatic N) is 1. The average Bonchev–Trinajstić information content (AvgIpc) is 3.55. The van der Waals surface area contributed by atoms with Crippen molar-refractivity contribution in [2.75, 3.05) is 18.5 Å². The molecule has 3 aliphatic rings. The zero-order valence-electron chi connectivity index (χ0n) is 21.8. The monoisotopic (exact) mass is 507 g/mol. The Labute approximate surface area is 217 Å². The minimum atomic E-state index is -1.09. The van der Waals surface area contributed by atoms with E-state index in [0.29, 0.717) is 25.1 Å². The van der Waals surface area contributed by atoms with E-state index in [1.165, 1.54) is 0 Å². The van der Waals surface area contributed by atoms with Gasteiger partial charge in [0.1, 0.15) is 11.6 Å². The third-order valence-electron chi connectivity index (χ3n) is 8.70. The van der Waals surface area contributed by atoms with Crippen LogP contribution in [0.15, 0.2) is 42.5 Å². The van der Waals surface area contributed by atoms with Gasteiger partial charge in [-0.25, -0.2) is 0 Å². The summed E-state index contributed by atoms with van der Waals surface area (Å²) in [5.74, 6) is -2.21. The van der Waals surface area contributed by atoms with Gasteiger partial charge in [0.25, 0.3) is 0 Å². The molecular formula is C29H37N3O5. The summed E-state index contributed by atoms with van der Waals surface area (Å²) in [4.78, 5) is 42.9. The van der Waals surface area contributed by atoms with Gasteiger partial charge in [-0.3, -0.25) is 14.4 Å². The highest BCUT2D eigenvalue weighted by atomic mass is 16.5. The van der Waals surface area contributed by atoms with Gasteiger partial charge in [0.2, 0.25) is 17.7 Å². The summed E-state index contributed by atoms with van der Waals surface area (Å²) in [7, 11) is 0. The topological polar surface area (TPSA) is 108 Å². The van der Waals surface area contributed by atoms with Crippen molar-refractivity contribution in [2.24, 2.45) is 17.8 Å². The van der Waals surface area contributed by atoms with Crippen molar-refractivity contribution >= 4 is 34.2 Å². The van der Waals surface area contributed by atoms with E-state index in [1.54, 1.807) is 4.90 Å². The molecule has 3 aliphatic heterocycles. The van der Waals surface area contributed by atoms with Gasteiger partial charge < -0.3 is 25.4 Å². The molecule has 8 heteroatoms. The van der Waals surface area contributed by atoms with E-state index in [-0.39, 0.29) is 36.4 Å². The summed E-state index contributed by atoms with van der Waals surface area (Å²) in [6.07, 6.45) is 2.28. The first-order valence-corrected chi connectivity index (χ1v) is 13.5. The summed E-state index contributed by atoms with van der Waals surface area (Å²) in [5, 5.41) is 18.4. The summed E-state index contributed by atoms with van der Waals surface area (Å²) >= 11 is 0. The maximum Gasteiger partial charge on any atom is 0.250 e. The molecule has 3 fully saturated rings. The molecule has 7 atom stereocenters. The molecular weight excluding hydrogens is 470 g/mol. The van der Waals surface area contributed by atoms with Gasteiger partial charge in [-0.05, 0) is 48.1 Å². The van der Waals surface area contributed by atoms with Crippen molar-refractivity contribution in [3.8, 4) is 0 Å². The number of aliphatic hydroxyl groups excluding tert-OH is 1. The first-order valence-electron chi connectivity index (χ1n) is 13.5. The van der Waals surface area contributed by atoms with Gasteiger partial charge in [-0.15, -0.1) is 0 Å². The van der Waals surface area contributed by atoms with Crippen LogP contribution in [-0.2, 0) is 19.1 Å². The van der Waals surface area contributed by atoms with Crippen LogP contribution in [0.4, 0.5) is 5.69 Å². The van der Waals surface area contributed by atoms with E-state index in [1.807, 2.05) is 63.2 Å². The van der Waals surface area contributed by atoms with Crippen LogP contribution in [0.5, 0.6) is 0 Å². The zero-order valence-corrected chi connectivity index (χ0v) is 21.8. The number of anilines is 1. The van der Waals surface area contributed by atoms with Crippen LogP contribution in [0.1, 0.15) is 46.5 Å². The zero-order chi connectivity index (χ0) is 26.3. The van der Waals surface area contributed by atoms with Crippen LogP contribution in [0.2, 0.25) is 0 Å². The smallest absolute Gasteiger partial charge is 0.250 e. The fourth-order valence-corrected chi connectivity index (χ4v) is 6.71. The molecule has 0 saturated carbocycles. The van der Waals surface area contributed by atoms with Crippen LogP contribution in [-0.4, -0.2) is 64.7 Å². The molecule has 2 aromatic rings. The number of nitrogens with one attached hydrogen (secondary N) is 2. The average molecular weight is 508 g/mol. The predicted octanol–water partition coefficient (Wildman–Crippen LogP) is 3.09. The number of amides is 3. The Balaban J connectivity index is 1.53. The molecule has 5 rings (SSSR count). The lowest BCUT2D eigenvalue weighted by atomic mass is 9.70. The van der Waals surface area contributed by atoms with Gasteiger partial charge in [0.05, 0.1) is 30.6 Å². The molecule has 3 heterocycles. The van der Waals surface area contributed by atoms with Crippen molar-refractivity contribution < 1.29 is 24.2 Å². The number of hydrogen-bond donors (Lipinski definition) is 3. The molecule has 0 aromatic heterocycles. The second-order valence-electron chi connectivity index (χ2n) is 10.8. The number of carbonyl (C=O) groups is 3. The Morgan fingerprint density at radius 3 is 2.62 bits per heavy atom. The minimum Gasteiger partial charge on any atom is -0.394 e. The maximum atomic E-state index is 14.1. The van der Waals surface area contributed by atoms with Crippen molar-refractivity contribution in [3.05, 3.63) is 42.5 Å². The summed E-state index contributed by atoms with van der Waals surface area (Å²) < 4.78 is 6.48. The van der Waals surface area contributed by atoms with Crippen molar-refractivity contribution in [1.29, 1.82) is 0 Å². The minimum absolute atomic E-state index is 0.0373. The third kappa shape index (κ3) is 4.10. The molecule has 0 radical (unpaired) electrons. The molecule has 2 bridgehead atoms. The Morgan fingerprint density at radius 2 is 1.92 bits per heavy atom. The van der Waals surface area contributed by atoms with Crippen LogP contribution in [0, 0.1) is 17.8 Å². The van der Waals surface area contributed by atoms with Gasteiger partial charge in [0.15, 0.2) is 0 Å².